The van der Waals surface area contributed by atoms with Crippen LogP contribution in [0.4, 0.5) is 0 Å². The lowest BCUT2D eigenvalue weighted by molar-refractivity contribution is -0.137. The van der Waals surface area contributed by atoms with Crippen LogP contribution in [-0.2, 0) is 9.59 Å². The number of ether oxygens (including phenoxy) is 2. The molecule has 0 saturated carbocycles. The molecule has 31 heavy (non-hydrogen) atoms. The Morgan fingerprint density at radius 2 is 1.61 bits per heavy atom. The molecule has 0 bridgehead atoms. The number of carbonyl (C=O) groups excluding carboxylic acids is 3. The first-order valence-corrected chi connectivity index (χ1v) is 10.5. The van der Waals surface area contributed by atoms with E-state index < -0.39 is 12.1 Å². The van der Waals surface area contributed by atoms with Crippen molar-refractivity contribution in [1.29, 1.82) is 0 Å². The highest BCUT2D eigenvalue weighted by molar-refractivity contribution is 6.30. The van der Waals surface area contributed by atoms with E-state index in [1.807, 2.05) is 0 Å². The SMILES string of the molecule is CC(=O)Oc1cccc(C(=O)N2CCCN(C(=O)C(C)Oc3ccc(Cl)cc3)CC2)c1. The van der Waals surface area contributed by atoms with Gasteiger partial charge in [0.25, 0.3) is 11.8 Å². The normalized spacial score (nSPS) is 15.1. The standard InChI is InChI=1S/C23H25ClN2O5/c1-16(30-20-9-7-19(24)8-10-20)22(28)25-11-4-12-26(14-13-25)23(29)18-5-3-6-21(15-18)31-17(2)27/h3,5-10,15-16H,4,11-14H2,1-2H3. The predicted molar refractivity (Wildman–Crippen MR) is 116 cm³/mol. The molecule has 2 aromatic carbocycles. The van der Waals surface area contributed by atoms with E-state index in [-0.39, 0.29) is 11.8 Å². The lowest BCUT2D eigenvalue weighted by atomic mass is 10.2. The first-order valence-electron chi connectivity index (χ1n) is 10.1. The van der Waals surface area contributed by atoms with Gasteiger partial charge in [0.2, 0.25) is 0 Å². The van der Waals surface area contributed by atoms with E-state index in [9.17, 15) is 14.4 Å². The van der Waals surface area contributed by atoms with Gasteiger partial charge in [0.1, 0.15) is 11.5 Å². The van der Waals surface area contributed by atoms with Gasteiger partial charge in [0, 0.05) is 43.7 Å². The van der Waals surface area contributed by atoms with Crippen LogP contribution in [-0.4, -0.2) is 59.9 Å². The van der Waals surface area contributed by atoms with Crippen molar-refractivity contribution in [2.24, 2.45) is 0 Å². The molecule has 1 saturated heterocycles. The molecule has 7 nitrogen and oxygen atoms in total. The van der Waals surface area contributed by atoms with E-state index in [2.05, 4.69) is 0 Å². The Kier molecular flexibility index (Phi) is 7.52. The maximum absolute atomic E-state index is 12.9. The number of amides is 2. The summed E-state index contributed by atoms with van der Waals surface area (Å²) in [6.45, 7) is 4.94. The second kappa shape index (κ2) is 10.3. The van der Waals surface area contributed by atoms with Crippen molar-refractivity contribution in [3.8, 4) is 11.5 Å². The van der Waals surface area contributed by atoms with Gasteiger partial charge in [-0.15, -0.1) is 0 Å². The number of carbonyl (C=O) groups is 3. The maximum atomic E-state index is 12.9. The summed E-state index contributed by atoms with van der Waals surface area (Å²) in [7, 11) is 0. The number of hydrogen-bond donors (Lipinski definition) is 0. The van der Waals surface area contributed by atoms with Crippen molar-refractivity contribution in [2.75, 3.05) is 26.2 Å². The average molecular weight is 445 g/mol. The highest BCUT2D eigenvalue weighted by atomic mass is 35.5. The molecule has 1 heterocycles. The first-order chi connectivity index (χ1) is 14.8. The number of esters is 1. The van der Waals surface area contributed by atoms with Gasteiger partial charge in [-0.05, 0) is 55.8 Å². The van der Waals surface area contributed by atoms with Crippen LogP contribution in [0.3, 0.4) is 0 Å². The average Bonchev–Trinajstić information content (AvgIpc) is 3.00. The summed E-state index contributed by atoms with van der Waals surface area (Å²) in [5.41, 5.74) is 0.443. The van der Waals surface area contributed by atoms with Crippen LogP contribution in [0, 0.1) is 0 Å². The topological polar surface area (TPSA) is 76.2 Å². The number of rotatable bonds is 5. The fraction of sp³-hybridized carbons (Fsp3) is 0.348. The number of nitrogens with zero attached hydrogens (tertiary/aromatic N) is 2. The monoisotopic (exact) mass is 444 g/mol. The van der Waals surface area contributed by atoms with Crippen molar-refractivity contribution in [3.05, 3.63) is 59.1 Å². The van der Waals surface area contributed by atoms with Gasteiger partial charge < -0.3 is 19.3 Å². The minimum atomic E-state index is -0.649. The Labute approximate surface area is 186 Å². The third-order valence-electron chi connectivity index (χ3n) is 4.91. The van der Waals surface area contributed by atoms with Crippen molar-refractivity contribution >= 4 is 29.4 Å². The second-order valence-electron chi connectivity index (χ2n) is 7.31. The predicted octanol–water partition coefficient (Wildman–Crippen LogP) is 3.41. The lowest BCUT2D eigenvalue weighted by Crippen LogP contribution is -2.43. The van der Waals surface area contributed by atoms with E-state index in [1.54, 1.807) is 65.3 Å². The van der Waals surface area contributed by atoms with Gasteiger partial charge in [-0.1, -0.05) is 17.7 Å². The van der Waals surface area contributed by atoms with E-state index in [4.69, 9.17) is 21.1 Å². The van der Waals surface area contributed by atoms with Crippen LogP contribution >= 0.6 is 11.6 Å². The van der Waals surface area contributed by atoms with Crippen molar-refractivity contribution in [3.63, 3.8) is 0 Å². The molecule has 164 valence electrons. The summed E-state index contributed by atoms with van der Waals surface area (Å²) in [6.07, 6.45) is 0.0123. The lowest BCUT2D eigenvalue weighted by Gasteiger charge is -2.25. The smallest absolute Gasteiger partial charge is 0.308 e. The van der Waals surface area contributed by atoms with Crippen molar-refractivity contribution < 1.29 is 23.9 Å². The summed E-state index contributed by atoms with van der Waals surface area (Å²) >= 11 is 5.88. The summed E-state index contributed by atoms with van der Waals surface area (Å²) in [4.78, 5) is 40.3. The molecule has 2 amide bonds. The zero-order valence-electron chi connectivity index (χ0n) is 17.5. The molecule has 0 aliphatic carbocycles. The van der Waals surface area contributed by atoms with E-state index in [0.717, 1.165) is 0 Å². The van der Waals surface area contributed by atoms with Gasteiger partial charge in [-0.3, -0.25) is 14.4 Å². The molecule has 0 radical (unpaired) electrons. The highest BCUT2D eigenvalue weighted by Gasteiger charge is 2.26. The molecular weight excluding hydrogens is 420 g/mol. The van der Waals surface area contributed by atoms with Crippen LogP contribution in [0.15, 0.2) is 48.5 Å². The zero-order chi connectivity index (χ0) is 22.4. The van der Waals surface area contributed by atoms with Gasteiger partial charge in [-0.2, -0.15) is 0 Å². The molecule has 3 rings (SSSR count). The third kappa shape index (κ3) is 6.21. The molecule has 0 N–H and O–H groups in total. The molecule has 1 atom stereocenters. The van der Waals surface area contributed by atoms with Gasteiger partial charge in [-0.25, -0.2) is 0 Å². The van der Waals surface area contributed by atoms with Crippen molar-refractivity contribution in [1.82, 2.24) is 9.80 Å². The molecule has 2 aromatic rings. The second-order valence-corrected chi connectivity index (χ2v) is 7.74. The minimum absolute atomic E-state index is 0.124. The van der Waals surface area contributed by atoms with E-state index >= 15 is 0 Å². The molecule has 1 aliphatic heterocycles. The van der Waals surface area contributed by atoms with Crippen LogP contribution in [0.5, 0.6) is 11.5 Å². The zero-order valence-corrected chi connectivity index (χ0v) is 18.3. The third-order valence-corrected chi connectivity index (χ3v) is 5.16. The number of benzene rings is 2. The summed E-state index contributed by atoms with van der Waals surface area (Å²) in [5.74, 6) is 0.182. The fourth-order valence-electron chi connectivity index (χ4n) is 3.41. The molecule has 8 heteroatoms. The summed E-state index contributed by atoms with van der Waals surface area (Å²) < 4.78 is 10.8. The summed E-state index contributed by atoms with van der Waals surface area (Å²) in [6, 6.07) is 13.4. The van der Waals surface area contributed by atoms with Gasteiger partial charge in [0.15, 0.2) is 6.10 Å². The Hall–Kier alpha value is -3.06. The molecule has 1 fully saturated rings. The van der Waals surface area contributed by atoms with Crippen LogP contribution < -0.4 is 9.47 Å². The largest absolute Gasteiger partial charge is 0.481 e. The molecule has 0 spiro atoms. The van der Waals surface area contributed by atoms with Gasteiger partial charge >= 0.3 is 5.97 Å². The molecule has 1 aliphatic rings. The summed E-state index contributed by atoms with van der Waals surface area (Å²) in [5, 5.41) is 0.599. The quantitative estimate of drug-likeness (QED) is 0.521. The molecule has 1 unspecified atom stereocenters. The molecular formula is C23H25ClN2O5. The Morgan fingerprint density at radius 1 is 0.935 bits per heavy atom. The van der Waals surface area contributed by atoms with Crippen molar-refractivity contribution in [2.45, 2.75) is 26.4 Å². The minimum Gasteiger partial charge on any atom is -0.481 e. The van der Waals surface area contributed by atoms with Gasteiger partial charge in [0.05, 0.1) is 0 Å². The van der Waals surface area contributed by atoms with Crippen LogP contribution in [0.1, 0.15) is 30.6 Å². The maximum Gasteiger partial charge on any atom is 0.308 e. The molecule has 0 aromatic heterocycles. The van der Waals surface area contributed by atoms with E-state index in [0.29, 0.717) is 54.7 Å². The Bertz CT molecular complexity index is 947. The number of hydrogen-bond acceptors (Lipinski definition) is 5. The fourth-order valence-corrected chi connectivity index (χ4v) is 3.53. The highest BCUT2D eigenvalue weighted by Crippen LogP contribution is 2.19. The van der Waals surface area contributed by atoms with E-state index in [1.165, 1.54) is 6.92 Å². The Balaban J connectivity index is 1.59. The first kappa shape index (κ1) is 22.6. The number of halogens is 1. The van der Waals surface area contributed by atoms with Crippen LogP contribution in [0.2, 0.25) is 5.02 Å². The van der Waals surface area contributed by atoms with Crippen LogP contribution in [0.25, 0.3) is 0 Å². The Morgan fingerprint density at radius 3 is 2.32 bits per heavy atom.